The Morgan fingerprint density at radius 3 is 2.56 bits per heavy atom. The maximum atomic E-state index is 10.5. The summed E-state index contributed by atoms with van der Waals surface area (Å²) >= 11 is 0. The fourth-order valence-electron chi connectivity index (χ4n) is 2.27. The molecule has 1 aromatic rings. The normalized spacial score (nSPS) is 28.6. The fraction of sp³-hybridized carbons (Fsp3) is 0.538. The van der Waals surface area contributed by atoms with Gasteiger partial charge in [0.15, 0.2) is 0 Å². The van der Waals surface area contributed by atoms with E-state index < -0.39 is 5.60 Å². The minimum atomic E-state index is -0.780. The second-order valence-corrected chi connectivity index (χ2v) is 4.50. The fourth-order valence-corrected chi connectivity index (χ4v) is 2.27. The van der Waals surface area contributed by atoms with Crippen molar-refractivity contribution in [3.05, 3.63) is 29.3 Å². The van der Waals surface area contributed by atoms with Crippen LogP contribution in [0.2, 0.25) is 0 Å². The third-order valence-corrected chi connectivity index (χ3v) is 3.32. The molecule has 1 aromatic carbocycles. The topological polar surface area (TPSA) is 38.7 Å². The molecule has 0 spiro atoms. The van der Waals surface area contributed by atoms with E-state index >= 15 is 0 Å². The van der Waals surface area contributed by atoms with Crippen LogP contribution in [0, 0.1) is 6.92 Å². The van der Waals surface area contributed by atoms with Gasteiger partial charge in [-0.25, -0.2) is 0 Å². The molecule has 3 heteroatoms. The first-order valence-corrected chi connectivity index (χ1v) is 5.49. The summed E-state index contributed by atoms with van der Waals surface area (Å²) < 4.78 is 10.5. The first kappa shape index (κ1) is 11.4. The Morgan fingerprint density at radius 1 is 1.31 bits per heavy atom. The van der Waals surface area contributed by atoms with E-state index in [1.54, 1.807) is 14.2 Å². The number of methoxy groups -OCH3 is 2. The number of aryl methyl sites for hydroxylation is 1. The van der Waals surface area contributed by atoms with Crippen molar-refractivity contribution in [3.8, 4) is 5.75 Å². The molecule has 1 fully saturated rings. The van der Waals surface area contributed by atoms with Gasteiger partial charge in [-0.05, 0) is 19.1 Å². The highest BCUT2D eigenvalue weighted by atomic mass is 16.5. The van der Waals surface area contributed by atoms with Crippen LogP contribution < -0.4 is 4.74 Å². The van der Waals surface area contributed by atoms with Crippen LogP contribution in [-0.4, -0.2) is 25.4 Å². The van der Waals surface area contributed by atoms with Gasteiger partial charge in [0, 0.05) is 25.5 Å². The van der Waals surface area contributed by atoms with Gasteiger partial charge in [0.2, 0.25) is 0 Å². The van der Waals surface area contributed by atoms with Crippen LogP contribution >= 0.6 is 0 Å². The molecule has 0 saturated heterocycles. The minimum absolute atomic E-state index is 0.162. The van der Waals surface area contributed by atoms with E-state index in [9.17, 15) is 5.11 Å². The monoisotopic (exact) mass is 222 g/mol. The molecule has 1 aliphatic carbocycles. The van der Waals surface area contributed by atoms with Crippen molar-refractivity contribution in [2.45, 2.75) is 31.5 Å². The van der Waals surface area contributed by atoms with E-state index in [-0.39, 0.29) is 6.10 Å². The number of benzene rings is 1. The maximum Gasteiger partial charge on any atom is 0.124 e. The average Bonchev–Trinajstić information content (AvgIpc) is 2.24. The van der Waals surface area contributed by atoms with E-state index in [1.807, 2.05) is 25.1 Å². The van der Waals surface area contributed by atoms with Gasteiger partial charge in [-0.1, -0.05) is 11.6 Å². The predicted molar refractivity (Wildman–Crippen MR) is 61.7 cm³/mol. The van der Waals surface area contributed by atoms with E-state index in [2.05, 4.69) is 0 Å². The minimum Gasteiger partial charge on any atom is -0.496 e. The summed E-state index contributed by atoms with van der Waals surface area (Å²) in [5.74, 6) is 0.752. The molecule has 0 radical (unpaired) electrons. The smallest absolute Gasteiger partial charge is 0.124 e. The van der Waals surface area contributed by atoms with Gasteiger partial charge < -0.3 is 14.6 Å². The van der Waals surface area contributed by atoms with Crippen molar-refractivity contribution in [2.24, 2.45) is 0 Å². The third kappa shape index (κ3) is 1.81. The highest BCUT2D eigenvalue weighted by Crippen LogP contribution is 2.46. The van der Waals surface area contributed by atoms with Gasteiger partial charge in [-0.3, -0.25) is 0 Å². The van der Waals surface area contributed by atoms with Gasteiger partial charge >= 0.3 is 0 Å². The Bertz CT molecular complexity index is 381. The first-order chi connectivity index (χ1) is 7.59. The lowest BCUT2D eigenvalue weighted by atomic mass is 9.72. The van der Waals surface area contributed by atoms with Crippen LogP contribution in [-0.2, 0) is 10.3 Å². The Balaban J connectivity index is 2.29. The highest BCUT2D eigenvalue weighted by molar-refractivity contribution is 5.42. The number of rotatable bonds is 3. The van der Waals surface area contributed by atoms with Gasteiger partial charge in [0.25, 0.3) is 0 Å². The largest absolute Gasteiger partial charge is 0.496 e. The van der Waals surface area contributed by atoms with Crippen LogP contribution in [0.25, 0.3) is 0 Å². The standard InChI is InChI=1S/C13H18O3/c1-9-4-5-12(16-3)11(6-9)13(14)7-10(8-13)15-2/h4-6,10,14H,7-8H2,1-3H3. The molecular weight excluding hydrogens is 204 g/mol. The molecule has 16 heavy (non-hydrogen) atoms. The summed E-state index contributed by atoms with van der Waals surface area (Å²) in [5, 5.41) is 10.5. The quantitative estimate of drug-likeness (QED) is 0.850. The zero-order valence-corrected chi connectivity index (χ0v) is 9.99. The van der Waals surface area contributed by atoms with Gasteiger partial charge in [0.05, 0.1) is 18.8 Å². The lowest BCUT2D eigenvalue weighted by Gasteiger charge is -2.43. The summed E-state index contributed by atoms with van der Waals surface area (Å²) in [4.78, 5) is 0. The van der Waals surface area contributed by atoms with Crippen molar-refractivity contribution >= 4 is 0 Å². The molecule has 1 N–H and O–H groups in total. The van der Waals surface area contributed by atoms with Gasteiger partial charge in [-0.15, -0.1) is 0 Å². The van der Waals surface area contributed by atoms with Crippen LogP contribution in [0.5, 0.6) is 5.75 Å². The van der Waals surface area contributed by atoms with Crippen molar-refractivity contribution in [3.63, 3.8) is 0 Å². The molecule has 0 bridgehead atoms. The molecule has 0 aliphatic heterocycles. The SMILES string of the molecule is COc1ccc(C)cc1C1(O)CC(OC)C1. The maximum absolute atomic E-state index is 10.5. The first-order valence-electron chi connectivity index (χ1n) is 5.49. The van der Waals surface area contributed by atoms with Crippen LogP contribution in [0.1, 0.15) is 24.0 Å². The molecule has 88 valence electrons. The highest BCUT2D eigenvalue weighted by Gasteiger charge is 2.45. The third-order valence-electron chi connectivity index (χ3n) is 3.32. The van der Waals surface area contributed by atoms with Crippen LogP contribution in [0.4, 0.5) is 0 Å². The summed E-state index contributed by atoms with van der Waals surface area (Å²) in [6.07, 6.45) is 1.45. The number of aliphatic hydroxyl groups is 1. The van der Waals surface area contributed by atoms with Crippen molar-refractivity contribution in [2.75, 3.05) is 14.2 Å². The van der Waals surface area contributed by atoms with E-state index in [0.717, 1.165) is 16.9 Å². The summed E-state index contributed by atoms with van der Waals surface area (Å²) in [5.41, 5.74) is 1.23. The molecule has 1 aliphatic rings. The van der Waals surface area contributed by atoms with E-state index in [1.165, 1.54) is 0 Å². The van der Waals surface area contributed by atoms with Crippen LogP contribution in [0.3, 0.4) is 0 Å². The molecule has 0 amide bonds. The Labute approximate surface area is 96.0 Å². The Morgan fingerprint density at radius 2 is 2.00 bits per heavy atom. The summed E-state index contributed by atoms with van der Waals surface area (Å²) in [7, 11) is 3.31. The molecule has 3 nitrogen and oxygen atoms in total. The van der Waals surface area contributed by atoms with E-state index in [4.69, 9.17) is 9.47 Å². The zero-order chi connectivity index (χ0) is 11.8. The molecule has 0 atom stereocenters. The molecular formula is C13H18O3. The summed E-state index contributed by atoms with van der Waals surface area (Å²) in [6, 6.07) is 5.88. The van der Waals surface area contributed by atoms with Crippen molar-refractivity contribution in [1.82, 2.24) is 0 Å². The number of ether oxygens (including phenoxy) is 2. The molecule has 0 heterocycles. The average molecular weight is 222 g/mol. The lowest BCUT2D eigenvalue weighted by Crippen LogP contribution is -2.45. The van der Waals surface area contributed by atoms with Crippen molar-refractivity contribution in [1.29, 1.82) is 0 Å². The zero-order valence-electron chi connectivity index (χ0n) is 9.99. The molecule has 0 aromatic heterocycles. The second-order valence-electron chi connectivity index (χ2n) is 4.50. The molecule has 0 unspecified atom stereocenters. The van der Waals surface area contributed by atoms with Crippen molar-refractivity contribution < 1.29 is 14.6 Å². The Hall–Kier alpha value is -1.06. The number of hydrogen-bond acceptors (Lipinski definition) is 3. The molecule has 1 saturated carbocycles. The molecule has 2 rings (SSSR count). The van der Waals surface area contributed by atoms with Crippen LogP contribution in [0.15, 0.2) is 18.2 Å². The number of hydrogen-bond donors (Lipinski definition) is 1. The summed E-state index contributed by atoms with van der Waals surface area (Å²) in [6.45, 7) is 2.01. The Kier molecular flexibility index (Phi) is 2.91. The van der Waals surface area contributed by atoms with Gasteiger partial charge in [-0.2, -0.15) is 0 Å². The van der Waals surface area contributed by atoms with E-state index in [0.29, 0.717) is 12.8 Å². The van der Waals surface area contributed by atoms with Gasteiger partial charge in [0.1, 0.15) is 5.75 Å². The lowest BCUT2D eigenvalue weighted by molar-refractivity contribution is -0.133. The predicted octanol–water partition coefficient (Wildman–Crippen LogP) is 2.00. The second kappa shape index (κ2) is 4.07.